The third-order valence-electron chi connectivity index (χ3n) is 2.10. The first-order valence-electron chi connectivity index (χ1n) is 4.49. The lowest BCUT2D eigenvalue weighted by Gasteiger charge is -2.08. The van der Waals surface area contributed by atoms with Crippen molar-refractivity contribution in [3.05, 3.63) is 48.3 Å². The normalized spacial score (nSPS) is 12.6. The minimum absolute atomic E-state index is 0.0401. The minimum atomic E-state index is -0.0401. The van der Waals surface area contributed by atoms with Gasteiger partial charge in [-0.05, 0) is 18.1 Å². The highest BCUT2D eigenvalue weighted by molar-refractivity contribution is 5.13. The number of aromatic nitrogens is 3. The molecule has 0 saturated carbocycles. The van der Waals surface area contributed by atoms with Gasteiger partial charge >= 0.3 is 0 Å². The van der Waals surface area contributed by atoms with Gasteiger partial charge in [-0.2, -0.15) is 0 Å². The molecule has 2 aromatic heterocycles. The van der Waals surface area contributed by atoms with Gasteiger partial charge in [-0.3, -0.25) is 4.98 Å². The summed E-state index contributed by atoms with van der Waals surface area (Å²) in [5, 5.41) is 0. The van der Waals surface area contributed by atoms with Gasteiger partial charge in [0, 0.05) is 18.6 Å². The average molecular weight is 188 g/mol. The van der Waals surface area contributed by atoms with Gasteiger partial charge in [-0.15, -0.1) is 0 Å². The van der Waals surface area contributed by atoms with Crippen LogP contribution in [0.2, 0.25) is 0 Å². The Morgan fingerprint density at radius 3 is 2.93 bits per heavy atom. The molecule has 0 aliphatic carbocycles. The van der Waals surface area contributed by atoms with Crippen LogP contribution in [-0.2, 0) is 6.42 Å². The molecule has 0 fully saturated rings. The van der Waals surface area contributed by atoms with Gasteiger partial charge in [-0.25, -0.2) is 4.98 Å². The summed E-state index contributed by atoms with van der Waals surface area (Å²) in [5.74, 6) is 0. The zero-order chi connectivity index (χ0) is 9.80. The fraction of sp³-hybridized carbons (Fsp3) is 0.200. The number of nitrogens with one attached hydrogen (secondary N) is 1. The van der Waals surface area contributed by atoms with E-state index in [-0.39, 0.29) is 6.04 Å². The van der Waals surface area contributed by atoms with E-state index in [2.05, 4.69) is 15.0 Å². The molecule has 2 heterocycles. The van der Waals surface area contributed by atoms with Gasteiger partial charge in [0.25, 0.3) is 0 Å². The Labute approximate surface area is 82.2 Å². The Hall–Kier alpha value is -1.68. The van der Waals surface area contributed by atoms with Crippen LogP contribution in [0.4, 0.5) is 0 Å². The van der Waals surface area contributed by atoms with Crippen LogP contribution in [0.3, 0.4) is 0 Å². The van der Waals surface area contributed by atoms with Crippen molar-refractivity contribution in [2.45, 2.75) is 12.5 Å². The van der Waals surface area contributed by atoms with Gasteiger partial charge in [0.1, 0.15) is 0 Å². The molecular formula is C10H12N4. The maximum atomic E-state index is 5.97. The second-order valence-corrected chi connectivity index (χ2v) is 3.18. The summed E-state index contributed by atoms with van der Waals surface area (Å²) < 4.78 is 0. The standard InChI is InChI=1S/C10H12N4/c11-9(10-6-13-7-14-10)4-8-2-1-3-12-5-8/h1-3,5-7,9H,4,11H2,(H,13,14). The summed E-state index contributed by atoms with van der Waals surface area (Å²) in [6.45, 7) is 0. The molecule has 2 aromatic rings. The first-order valence-corrected chi connectivity index (χ1v) is 4.49. The summed E-state index contributed by atoms with van der Waals surface area (Å²) in [5.41, 5.74) is 8.06. The van der Waals surface area contributed by atoms with E-state index < -0.39 is 0 Å². The number of hydrogen-bond acceptors (Lipinski definition) is 3. The summed E-state index contributed by atoms with van der Waals surface area (Å²) in [6, 6.07) is 3.89. The number of nitrogens with two attached hydrogens (primary N) is 1. The van der Waals surface area contributed by atoms with Crippen molar-refractivity contribution in [3.8, 4) is 0 Å². The van der Waals surface area contributed by atoms with E-state index in [1.807, 2.05) is 18.3 Å². The molecule has 4 heteroatoms. The van der Waals surface area contributed by atoms with Crippen molar-refractivity contribution >= 4 is 0 Å². The first-order chi connectivity index (χ1) is 6.86. The molecule has 0 bridgehead atoms. The summed E-state index contributed by atoms with van der Waals surface area (Å²) in [6.07, 6.45) is 7.75. The molecule has 4 nitrogen and oxygen atoms in total. The van der Waals surface area contributed by atoms with Gasteiger partial charge in [0.15, 0.2) is 0 Å². The predicted molar refractivity (Wildman–Crippen MR) is 53.5 cm³/mol. The van der Waals surface area contributed by atoms with E-state index in [0.29, 0.717) is 0 Å². The maximum absolute atomic E-state index is 5.97. The molecule has 0 aliphatic heterocycles. The lowest BCUT2D eigenvalue weighted by atomic mass is 10.1. The van der Waals surface area contributed by atoms with Crippen LogP contribution in [0.5, 0.6) is 0 Å². The molecule has 0 saturated heterocycles. The number of aromatic amines is 1. The second kappa shape index (κ2) is 4.02. The molecule has 0 spiro atoms. The smallest absolute Gasteiger partial charge is 0.0922 e. The third-order valence-corrected chi connectivity index (χ3v) is 2.10. The SMILES string of the molecule is NC(Cc1cccnc1)c1cnc[nH]1. The number of nitrogens with zero attached hydrogens (tertiary/aromatic N) is 2. The van der Waals surface area contributed by atoms with Crippen LogP contribution in [-0.4, -0.2) is 15.0 Å². The Balaban J connectivity index is 2.06. The number of H-pyrrole nitrogens is 1. The van der Waals surface area contributed by atoms with Crippen LogP contribution in [0.25, 0.3) is 0 Å². The van der Waals surface area contributed by atoms with Crippen molar-refractivity contribution in [2.75, 3.05) is 0 Å². The van der Waals surface area contributed by atoms with Crippen molar-refractivity contribution in [3.63, 3.8) is 0 Å². The molecular weight excluding hydrogens is 176 g/mol. The van der Waals surface area contributed by atoms with E-state index in [1.165, 1.54) is 0 Å². The van der Waals surface area contributed by atoms with Crippen molar-refractivity contribution in [1.82, 2.24) is 15.0 Å². The second-order valence-electron chi connectivity index (χ2n) is 3.18. The van der Waals surface area contributed by atoms with Crippen LogP contribution in [0, 0.1) is 0 Å². The van der Waals surface area contributed by atoms with Gasteiger partial charge in [0.2, 0.25) is 0 Å². The van der Waals surface area contributed by atoms with E-state index in [4.69, 9.17) is 5.73 Å². The quantitative estimate of drug-likeness (QED) is 0.756. The zero-order valence-corrected chi connectivity index (χ0v) is 7.72. The van der Waals surface area contributed by atoms with Crippen molar-refractivity contribution < 1.29 is 0 Å². The van der Waals surface area contributed by atoms with E-state index in [9.17, 15) is 0 Å². The molecule has 0 aromatic carbocycles. The summed E-state index contributed by atoms with van der Waals surface area (Å²) in [7, 11) is 0. The Morgan fingerprint density at radius 2 is 2.29 bits per heavy atom. The van der Waals surface area contributed by atoms with E-state index in [1.54, 1.807) is 18.7 Å². The lowest BCUT2D eigenvalue weighted by Crippen LogP contribution is -2.13. The van der Waals surface area contributed by atoms with Crippen molar-refractivity contribution in [1.29, 1.82) is 0 Å². The Bertz CT molecular complexity index is 368. The van der Waals surface area contributed by atoms with Crippen LogP contribution in [0.1, 0.15) is 17.3 Å². The highest BCUT2D eigenvalue weighted by Crippen LogP contribution is 2.11. The number of rotatable bonds is 3. The van der Waals surface area contributed by atoms with Gasteiger partial charge in [-0.1, -0.05) is 6.07 Å². The lowest BCUT2D eigenvalue weighted by molar-refractivity contribution is 0.699. The fourth-order valence-corrected chi connectivity index (χ4v) is 1.35. The Kier molecular flexibility index (Phi) is 2.55. The van der Waals surface area contributed by atoms with Crippen LogP contribution < -0.4 is 5.73 Å². The molecule has 14 heavy (non-hydrogen) atoms. The van der Waals surface area contributed by atoms with Crippen molar-refractivity contribution in [2.24, 2.45) is 5.73 Å². The average Bonchev–Trinajstić information content (AvgIpc) is 2.72. The molecule has 0 radical (unpaired) electrons. The molecule has 0 amide bonds. The topological polar surface area (TPSA) is 67.6 Å². The third kappa shape index (κ3) is 1.97. The molecule has 2 rings (SSSR count). The fourth-order valence-electron chi connectivity index (χ4n) is 1.35. The summed E-state index contributed by atoms with van der Waals surface area (Å²) in [4.78, 5) is 11.0. The van der Waals surface area contributed by atoms with Gasteiger partial charge < -0.3 is 10.7 Å². The maximum Gasteiger partial charge on any atom is 0.0922 e. The molecule has 3 N–H and O–H groups in total. The number of imidazole rings is 1. The molecule has 72 valence electrons. The van der Waals surface area contributed by atoms with Gasteiger partial charge in [0.05, 0.1) is 18.1 Å². The van der Waals surface area contributed by atoms with E-state index in [0.717, 1.165) is 17.7 Å². The highest BCUT2D eigenvalue weighted by Gasteiger charge is 2.07. The predicted octanol–water partition coefficient (Wildman–Crippen LogP) is 1.05. The molecule has 1 atom stereocenters. The molecule has 1 unspecified atom stereocenters. The molecule has 0 aliphatic rings. The number of pyridine rings is 1. The first kappa shape index (κ1) is 8.90. The number of hydrogen-bond donors (Lipinski definition) is 2. The largest absolute Gasteiger partial charge is 0.347 e. The Morgan fingerprint density at radius 1 is 1.36 bits per heavy atom. The summed E-state index contributed by atoms with van der Waals surface area (Å²) >= 11 is 0. The van der Waals surface area contributed by atoms with Crippen LogP contribution in [0.15, 0.2) is 37.1 Å². The monoisotopic (exact) mass is 188 g/mol. The highest BCUT2D eigenvalue weighted by atomic mass is 14.9. The van der Waals surface area contributed by atoms with E-state index >= 15 is 0 Å². The zero-order valence-electron chi connectivity index (χ0n) is 7.72. The van der Waals surface area contributed by atoms with Crippen LogP contribution >= 0.6 is 0 Å². The minimum Gasteiger partial charge on any atom is -0.347 e.